The summed E-state index contributed by atoms with van der Waals surface area (Å²) >= 11 is 0. The maximum atomic E-state index is 12.8. The molecule has 0 aliphatic rings. The van der Waals surface area contributed by atoms with Crippen molar-refractivity contribution < 1.29 is 9.13 Å². The molecule has 0 atom stereocenters. The Morgan fingerprint density at radius 3 is 0.935 bits per heavy atom. The van der Waals surface area contributed by atoms with Crippen LogP contribution in [-0.4, -0.2) is 26.7 Å². The smallest absolute Gasteiger partial charge is 0.109 e. The highest BCUT2D eigenvalue weighted by Gasteiger charge is 2.16. The van der Waals surface area contributed by atoms with Crippen LogP contribution < -0.4 is 10.6 Å². The molecule has 0 heterocycles. The Labute approximate surface area is 271 Å². The van der Waals surface area contributed by atoms with E-state index >= 15 is 0 Å². The summed E-state index contributed by atoms with van der Waals surface area (Å²) in [7, 11) is -4.73. The Balaban J connectivity index is 1.28. The average molecular weight is 635 g/mol. The number of hydrogen-bond acceptors (Lipinski definition) is 2. The molecule has 0 saturated carbocycles. The van der Waals surface area contributed by atoms with Gasteiger partial charge in [-0.1, -0.05) is 133 Å². The van der Waals surface area contributed by atoms with Crippen LogP contribution in [0, 0.1) is 0 Å². The van der Waals surface area contributed by atoms with Crippen molar-refractivity contribution in [1.82, 2.24) is 0 Å². The molecule has 0 saturated heterocycles. The Morgan fingerprint density at radius 1 is 0.326 bits per heavy atom. The highest BCUT2D eigenvalue weighted by Crippen LogP contribution is 2.41. The van der Waals surface area contributed by atoms with E-state index in [4.69, 9.17) is 0 Å². The van der Waals surface area contributed by atoms with Gasteiger partial charge in [0.15, 0.2) is 0 Å². The van der Waals surface area contributed by atoms with Gasteiger partial charge in [0, 0.05) is 10.6 Å². The minimum Gasteiger partial charge on any atom is -0.319 e. The zero-order valence-electron chi connectivity index (χ0n) is 26.6. The zero-order chi connectivity index (χ0) is 32.1. The van der Waals surface area contributed by atoms with Crippen molar-refractivity contribution in [2.24, 2.45) is 0 Å². The summed E-state index contributed by atoms with van der Waals surface area (Å²) in [6.45, 7) is 7.30. The van der Waals surface area contributed by atoms with Crippen LogP contribution in [0.5, 0.6) is 0 Å². The van der Waals surface area contributed by atoms with Crippen molar-refractivity contribution in [3.63, 3.8) is 0 Å². The van der Waals surface area contributed by atoms with E-state index in [1.54, 1.807) is 0 Å². The molecule has 0 aliphatic carbocycles. The molecule has 226 valence electrons. The van der Waals surface area contributed by atoms with Crippen LogP contribution in [0.3, 0.4) is 0 Å². The molecule has 0 unspecified atom stereocenters. The molecule has 0 amide bonds. The minimum absolute atomic E-state index is 0.899. The first kappa shape index (κ1) is 30.2. The van der Waals surface area contributed by atoms with Gasteiger partial charge in [-0.25, -0.2) is 0 Å². The van der Waals surface area contributed by atoms with Crippen LogP contribution in [0.1, 0.15) is 0 Å². The van der Waals surface area contributed by atoms with Gasteiger partial charge in [0.05, 0.1) is 0 Å². The van der Waals surface area contributed by atoms with Gasteiger partial charge in [-0.3, -0.25) is 0 Å². The van der Waals surface area contributed by atoms with Crippen molar-refractivity contribution in [3.05, 3.63) is 146 Å². The third-order valence-electron chi connectivity index (χ3n) is 8.91. The lowest BCUT2D eigenvalue weighted by Crippen LogP contribution is -2.02. The molecular weight excluding hydrogens is 598 g/mol. The lowest BCUT2D eigenvalue weighted by atomic mass is 9.90. The van der Waals surface area contributed by atoms with E-state index in [1.165, 1.54) is 32.7 Å². The van der Waals surface area contributed by atoms with E-state index in [2.05, 4.69) is 121 Å². The third-order valence-corrected chi connectivity index (χ3v) is 12.0. The molecular formula is C42H36O2P2. The third kappa shape index (κ3) is 5.69. The quantitative estimate of drug-likeness (QED) is 0.171. The average Bonchev–Trinajstić information content (AvgIpc) is 3.07. The van der Waals surface area contributed by atoms with Crippen molar-refractivity contribution in [3.8, 4) is 44.5 Å². The predicted octanol–water partition coefficient (Wildman–Crippen LogP) is 11.2. The molecule has 2 nitrogen and oxygen atoms in total. The molecule has 46 heavy (non-hydrogen) atoms. The fraction of sp³-hybridized carbons (Fsp3) is 0.0952. The SMILES string of the molecule is CP(C)(=O)c1cccc(-c2ccc(-c3ccc(-c4ccc(-c5cccc(P(C)(C)=O)c5)c5ccccc45)cc3)c3ccccc23)c1. The van der Waals surface area contributed by atoms with E-state index in [0.29, 0.717) is 0 Å². The van der Waals surface area contributed by atoms with Gasteiger partial charge in [-0.2, -0.15) is 0 Å². The van der Waals surface area contributed by atoms with Crippen LogP contribution in [0.2, 0.25) is 0 Å². The molecule has 0 aliphatic heterocycles. The lowest BCUT2D eigenvalue weighted by Gasteiger charge is -2.15. The first-order valence-corrected chi connectivity index (χ1v) is 20.7. The van der Waals surface area contributed by atoms with E-state index in [0.717, 1.165) is 44.0 Å². The highest BCUT2D eigenvalue weighted by atomic mass is 31.2. The molecule has 7 aromatic rings. The summed E-state index contributed by atoms with van der Waals surface area (Å²) in [6, 6.07) is 51.1. The topological polar surface area (TPSA) is 34.1 Å². The molecule has 4 heteroatoms. The fourth-order valence-electron chi connectivity index (χ4n) is 6.45. The van der Waals surface area contributed by atoms with Gasteiger partial charge in [0.2, 0.25) is 0 Å². The van der Waals surface area contributed by atoms with Crippen LogP contribution in [0.25, 0.3) is 66.1 Å². The summed E-state index contributed by atoms with van der Waals surface area (Å²) in [5, 5.41) is 6.53. The number of benzene rings is 7. The number of hydrogen-bond donors (Lipinski definition) is 0. The zero-order valence-corrected chi connectivity index (χ0v) is 28.4. The van der Waals surface area contributed by atoms with E-state index in [9.17, 15) is 9.13 Å². The van der Waals surface area contributed by atoms with Crippen molar-refractivity contribution in [1.29, 1.82) is 0 Å². The van der Waals surface area contributed by atoms with Crippen LogP contribution in [-0.2, 0) is 9.13 Å². The van der Waals surface area contributed by atoms with Gasteiger partial charge in [0.25, 0.3) is 0 Å². The first-order valence-electron chi connectivity index (χ1n) is 15.5. The maximum absolute atomic E-state index is 12.8. The van der Waals surface area contributed by atoms with Gasteiger partial charge < -0.3 is 9.13 Å². The maximum Gasteiger partial charge on any atom is 0.109 e. The van der Waals surface area contributed by atoms with Crippen molar-refractivity contribution in [2.75, 3.05) is 26.7 Å². The standard InChI is InChI=1S/C42H36O2P2/c1-45(2,43)33-13-9-11-31(27-33)37-25-23-35(39-15-5-7-17-41(37)39)29-19-21-30(22-20-29)36-24-26-38(42-18-8-6-16-40(36)42)32-12-10-14-34(28-32)46(3,4)44/h5-28H,1-4H3. The van der Waals surface area contributed by atoms with Crippen molar-refractivity contribution >= 4 is 46.4 Å². The highest BCUT2D eigenvalue weighted by molar-refractivity contribution is 7.70. The molecule has 0 spiro atoms. The monoisotopic (exact) mass is 634 g/mol. The summed E-state index contributed by atoms with van der Waals surface area (Å²) < 4.78 is 25.6. The number of rotatable bonds is 6. The largest absolute Gasteiger partial charge is 0.319 e. The minimum atomic E-state index is -2.37. The lowest BCUT2D eigenvalue weighted by molar-refractivity contribution is 0.587. The molecule has 0 radical (unpaired) electrons. The van der Waals surface area contributed by atoms with Crippen molar-refractivity contribution in [2.45, 2.75) is 0 Å². The van der Waals surface area contributed by atoms with Gasteiger partial charge in [-0.05, 0) is 105 Å². The van der Waals surface area contributed by atoms with Gasteiger partial charge in [-0.15, -0.1) is 0 Å². The molecule has 0 fully saturated rings. The van der Waals surface area contributed by atoms with Crippen LogP contribution >= 0.6 is 14.3 Å². The predicted molar refractivity (Wildman–Crippen MR) is 201 cm³/mol. The Bertz CT molecular complexity index is 2190. The second-order valence-corrected chi connectivity index (χ2v) is 19.2. The van der Waals surface area contributed by atoms with E-state index in [1.807, 2.05) is 50.9 Å². The molecule has 0 aromatic heterocycles. The van der Waals surface area contributed by atoms with Crippen LogP contribution in [0.15, 0.2) is 146 Å². The second kappa shape index (κ2) is 11.7. The Kier molecular flexibility index (Phi) is 7.68. The molecule has 7 rings (SSSR count). The van der Waals surface area contributed by atoms with Crippen LogP contribution in [0.4, 0.5) is 0 Å². The molecule has 0 N–H and O–H groups in total. The van der Waals surface area contributed by atoms with Gasteiger partial charge in [0.1, 0.15) is 14.3 Å². The second-order valence-electron chi connectivity index (χ2n) is 12.8. The molecule has 0 bridgehead atoms. The Hall–Kier alpha value is -4.48. The first-order chi connectivity index (χ1) is 22.1. The Morgan fingerprint density at radius 2 is 0.630 bits per heavy atom. The summed E-state index contributed by atoms with van der Waals surface area (Å²) in [5.41, 5.74) is 9.14. The fourth-order valence-corrected chi connectivity index (χ4v) is 8.24. The normalized spacial score (nSPS) is 12.1. The van der Waals surface area contributed by atoms with Gasteiger partial charge >= 0.3 is 0 Å². The molecule has 7 aromatic carbocycles. The summed E-state index contributed by atoms with van der Waals surface area (Å²) in [5.74, 6) is 0. The number of fused-ring (bicyclic) bond motifs is 2. The van der Waals surface area contributed by atoms with E-state index in [-0.39, 0.29) is 0 Å². The summed E-state index contributed by atoms with van der Waals surface area (Å²) in [6.07, 6.45) is 0. The van der Waals surface area contributed by atoms with E-state index < -0.39 is 14.3 Å². The summed E-state index contributed by atoms with van der Waals surface area (Å²) in [4.78, 5) is 0.